The number of nitrogens with zero attached hydrogens (tertiary/aromatic N) is 1. The summed E-state index contributed by atoms with van der Waals surface area (Å²) in [5.74, 6) is -0.129. The van der Waals surface area contributed by atoms with Gasteiger partial charge in [-0.05, 0) is 25.5 Å². The van der Waals surface area contributed by atoms with Crippen molar-refractivity contribution in [3.63, 3.8) is 0 Å². The van der Waals surface area contributed by atoms with Crippen molar-refractivity contribution in [3.8, 4) is 0 Å². The number of halogens is 2. The average molecular weight is 280 g/mol. The first-order valence-electron chi connectivity index (χ1n) is 5.12. The van der Waals surface area contributed by atoms with Crippen LogP contribution in [0.2, 0.25) is 0 Å². The molecule has 0 spiro atoms. The Bertz CT molecular complexity index is 322. The third-order valence-corrected chi connectivity index (χ3v) is 2.27. The predicted octanol–water partition coefficient (Wildman–Crippen LogP) is 1.84. The second-order valence-corrected chi connectivity index (χ2v) is 3.50. The predicted molar refractivity (Wildman–Crippen MR) is 73.6 cm³/mol. The molecule has 0 saturated heterocycles. The van der Waals surface area contributed by atoms with Crippen LogP contribution < -0.4 is 11.1 Å². The molecule has 17 heavy (non-hydrogen) atoms. The van der Waals surface area contributed by atoms with Crippen LogP contribution in [0.4, 0.5) is 0 Å². The Hall–Kier alpha value is -0.840. The molecule has 1 heterocycles. The van der Waals surface area contributed by atoms with Gasteiger partial charge < -0.3 is 11.1 Å². The van der Waals surface area contributed by atoms with Gasteiger partial charge >= 0.3 is 0 Å². The minimum atomic E-state index is -0.434. The highest BCUT2D eigenvalue weighted by atomic mass is 35.5. The summed E-state index contributed by atoms with van der Waals surface area (Å²) in [7, 11) is 0. The zero-order valence-electron chi connectivity index (χ0n) is 9.92. The number of rotatable bonds is 4. The van der Waals surface area contributed by atoms with Crippen LogP contribution in [0.3, 0.4) is 0 Å². The maximum absolute atomic E-state index is 11.5. The number of hydrogen-bond acceptors (Lipinski definition) is 3. The molecule has 0 fully saturated rings. The van der Waals surface area contributed by atoms with Crippen molar-refractivity contribution >= 4 is 30.7 Å². The fourth-order valence-corrected chi connectivity index (χ4v) is 1.21. The Morgan fingerprint density at radius 3 is 2.59 bits per heavy atom. The Morgan fingerprint density at radius 2 is 2.12 bits per heavy atom. The molecule has 0 aromatic carbocycles. The summed E-state index contributed by atoms with van der Waals surface area (Å²) in [5.41, 5.74) is 6.45. The van der Waals surface area contributed by atoms with Crippen molar-refractivity contribution in [1.29, 1.82) is 0 Å². The first-order valence-corrected chi connectivity index (χ1v) is 5.12. The van der Waals surface area contributed by atoms with Crippen molar-refractivity contribution in [1.82, 2.24) is 10.3 Å². The lowest BCUT2D eigenvalue weighted by molar-refractivity contribution is -0.123. The van der Waals surface area contributed by atoms with Gasteiger partial charge in [-0.1, -0.05) is 13.0 Å². The molecule has 0 radical (unpaired) electrons. The molecular weight excluding hydrogens is 261 g/mol. The van der Waals surface area contributed by atoms with E-state index >= 15 is 0 Å². The van der Waals surface area contributed by atoms with E-state index < -0.39 is 6.04 Å². The summed E-state index contributed by atoms with van der Waals surface area (Å²) < 4.78 is 0. The van der Waals surface area contributed by atoms with Gasteiger partial charge in [0.05, 0.1) is 17.8 Å². The number of aromatic nitrogens is 1. The Kier molecular flexibility index (Phi) is 10.0. The SMILES string of the molecule is CC[C@H](N)C(=O)NC(C)c1ccccn1.Cl.Cl. The van der Waals surface area contributed by atoms with Gasteiger partial charge in [-0.15, -0.1) is 24.8 Å². The number of amides is 1. The van der Waals surface area contributed by atoms with E-state index in [-0.39, 0.29) is 36.8 Å². The van der Waals surface area contributed by atoms with E-state index in [0.717, 1.165) is 5.69 Å². The molecular formula is C11H19Cl2N3O. The first-order chi connectivity index (χ1) is 7.15. The molecule has 1 amide bonds. The molecule has 0 aliphatic carbocycles. The van der Waals surface area contributed by atoms with E-state index in [1.54, 1.807) is 6.20 Å². The molecule has 98 valence electrons. The van der Waals surface area contributed by atoms with Crippen molar-refractivity contribution < 1.29 is 4.79 Å². The lowest BCUT2D eigenvalue weighted by atomic mass is 10.2. The molecule has 1 aromatic heterocycles. The van der Waals surface area contributed by atoms with Crippen LogP contribution in [0.25, 0.3) is 0 Å². The topological polar surface area (TPSA) is 68.0 Å². The van der Waals surface area contributed by atoms with Crippen molar-refractivity contribution in [2.24, 2.45) is 5.73 Å². The Balaban J connectivity index is 0. The van der Waals surface area contributed by atoms with Crippen LogP contribution >= 0.6 is 24.8 Å². The van der Waals surface area contributed by atoms with Crippen LogP contribution in [0.1, 0.15) is 32.0 Å². The third kappa shape index (κ3) is 5.86. The molecule has 0 saturated carbocycles. The van der Waals surface area contributed by atoms with Crippen LogP contribution in [0.15, 0.2) is 24.4 Å². The third-order valence-electron chi connectivity index (χ3n) is 2.27. The summed E-state index contributed by atoms with van der Waals surface area (Å²) in [4.78, 5) is 15.7. The number of carbonyl (C=O) groups is 1. The fraction of sp³-hybridized carbons (Fsp3) is 0.455. The van der Waals surface area contributed by atoms with E-state index in [1.165, 1.54) is 0 Å². The normalized spacial score (nSPS) is 12.6. The molecule has 1 unspecified atom stereocenters. The summed E-state index contributed by atoms with van der Waals surface area (Å²) in [6.07, 6.45) is 2.35. The molecule has 0 bridgehead atoms. The van der Waals surface area contributed by atoms with Gasteiger partial charge in [0.1, 0.15) is 0 Å². The monoisotopic (exact) mass is 279 g/mol. The van der Waals surface area contributed by atoms with Crippen LogP contribution in [-0.4, -0.2) is 16.9 Å². The lowest BCUT2D eigenvalue weighted by Crippen LogP contribution is -2.41. The number of nitrogens with one attached hydrogen (secondary N) is 1. The molecule has 6 heteroatoms. The number of hydrogen-bond donors (Lipinski definition) is 2. The highest BCUT2D eigenvalue weighted by Crippen LogP contribution is 2.07. The maximum Gasteiger partial charge on any atom is 0.237 e. The molecule has 2 atom stereocenters. The van der Waals surface area contributed by atoms with E-state index in [2.05, 4.69) is 10.3 Å². The van der Waals surface area contributed by atoms with E-state index in [9.17, 15) is 4.79 Å². The van der Waals surface area contributed by atoms with Crippen LogP contribution in [0, 0.1) is 0 Å². The minimum absolute atomic E-state index is 0. The number of pyridine rings is 1. The Labute approximate surface area is 114 Å². The molecule has 0 aliphatic heterocycles. The van der Waals surface area contributed by atoms with Gasteiger partial charge in [-0.25, -0.2) is 0 Å². The first kappa shape index (κ1) is 18.5. The second-order valence-electron chi connectivity index (χ2n) is 3.50. The molecule has 1 aromatic rings. The fourth-order valence-electron chi connectivity index (χ4n) is 1.21. The summed E-state index contributed by atoms with van der Waals surface area (Å²) in [5, 5.41) is 2.82. The van der Waals surface area contributed by atoms with E-state index in [1.807, 2.05) is 32.0 Å². The quantitative estimate of drug-likeness (QED) is 0.884. The van der Waals surface area contributed by atoms with Gasteiger partial charge in [0, 0.05) is 6.20 Å². The summed E-state index contributed by atoms with van der Waals surface area (Å²) >= 11 is 0. The van der Waals surface area contributed by atoms with Crippen molar-refractivity contribution in [2.45, 2.75) is 32.4 Å². The highest BCUT2D eigenvalue weighted by molar-refractivity contribution is 5.85. The highest BCUT2D eigenvalue weighted by Gasteiger charge is 2.14. The van der Waals surface area contributed by atoms with Crippen LogP contribution in [0.5, 0.6) is 0 Å². The largest absolute Gasteiger partial charge is 0.347 e. The maximum atomic E-state index is 11.5. The summed E-state index contributed by atoms with van der Waals surface area (Å²) in [6.45, 7) is 3.78. The number of carbonyl (C=O) groups excluding carboxylic acids is 1. The zero-order chi connectivity index (χ0) is 11.3. The van der Waals surface area contributed by atoms with Crippen LogP contribution in [-0.2, 0) is 4.79 Å². The minimum Gasteiger partial charge on any atom is -0.347 e. The molecule has 0 aliphatic rings. The average Bonchev–Trinajstić information content (AvgIpc) is 2.29. The van der Waals surface area contributed by atoms with Gasteiger partial charge in [0.15, 0.2) is 0 Å². The van der Waals surface area contributed by atoms with E-state index in [0.29, 0.717) is 6.42 Å². The van der Waals surface area contributed by atoms with Crippen molar-refractivity contribution in [2.75, 3.05) is 0 Å². The smallest absolute Gasteiger partial charge is 0.237 e. The van der Waals surface area contributed by atoms with Gasteiger partial charge in [-0.2, -0.15) is 0 Å². The lowest BCUT2D eigenvalue weighted by Gasteiger charge is -2.15. The van der Waals surface area contributed by atoms with Gasteiger partial charge in [0.25, 0.3) is 0 Å². The number of nitrogens with two attached hydrogens (primary N) is 1. The zero-order valence-corrected chi connectivity index (χ0v) is 11.6. The standard InChI is InChI=1S/C11H17N3O.2ClH/c1-3-9(12)11(15)14-8(2)10-6-4-5-7-13-10;;/h4-9H,3,12H2,1-2H3,(H,14,15);2*1H/t8?,9-;;/m0../s1. The van der Waals surface area contributed by atoms with Gasteiger partial charge in [-0.3, -0.25) is 9.78 Å². The summed E-state index contributed by atoms with van der Waals surface area (Å²) in [6, 6.07) is 5.08. The molecule has 1 rings (SSSR count). The second kappa shape index (κ2) is 9.22. The molecule has 4 nitrogen and oxygen atoms in total. The van der Waals surface area contributed by atoms with Gasteiger partial charge in [0.2, 0.25) is 5.91 Å². The molecule has 3 N–H and O–H groups in total. The van der Waals surface area contributed by atoms with Crippen molar-refractivity contribution in [3.05, 3.63) is 30.1 Å². The Morgan fingerprint density at radius 1 is 1.47 bits per heavy atom. The van der Waals surface area contributed by atoms with E-state index in [4.69, 9.17) is 5.73 Å².